The lowest BCUT2D eigenvalue weighted by molar-refractivity contribution is 0.0459. The SMILES string of the molecule is Cc1c(N=Cc2ccc(-c3ccc(Cl)c(C(=O)OCC(C)C)c3)o2)c(=O)n(-c2ccccc2)n1C. The number of furan rings is 1. The number of rotatable bonds is 7. The molecule has 35 heavy (non-hydrogen) atoms. The number of aromatic nitrogens is 2. The Kier molecular flexibility index (Phi) is 7.07. The minimum atomic E-state index is -0.479. The molecule has 0 fully saturated rings. The van der Waals surface area contributed by atoms with Crippen molar-refractivity contribution in [1.82, 2.24) is 9.36 Å². The van der Waals surface area contributed by atoms with E-state index in [9.17, 15) is 9.59 Å². The Morgan fingerprint density at radius 2 is 1.89 bits per heavy atom. The Morgan fingerprint density at radius 1 is 1.14 bits per heavy atom. The molecule has 0 bridgehead atoms. The molecule has 0 atom stereocenters. The van der Waals surface area contributed by atoms with Gasteiger partial charge in [-0.1, -0.05) is 43.6 Å². The Balaban J connectivity index is 1.59. The van der Waals surface area contributed by atoms with E-state index in [1.54, 1.807) is 39.7 Å². The monoisotopic (exact) mass is 491 g/mol. The zero-order chi connectivity index (χ0) is 25.1. The number of halogens is 1. The molecular formula is C27H26ClN3O4. The molecule has 0 aliphatic rings. The molecule has 2 heterocycles. The van der Waals surface area contributed by atoms with Crippen LogP contribution in [0.25, 0.3) is 17.0 Å². The van der Waals surface area contributed by atoms with E-state index in [0.29, 0.717) is 34.4 Å². The van der Waals surface area contributed by atoms with Crippen LogP contribution in [0.1, 0.15) is 35.7 Å². The molecule has 180 valence electrons. The van der Waals surface area contributed by atoms with Crippen LogP contribution in [0.3, 0.4) is 0 Å². The molecule has 8 heteroatoms. The van der Waals surface area contributed by atoms with Gasteiger partial charge in [0.15, 0.2) is 5.69 Å². The van der Waals surface area contributed by atoms with Gasteiger partial charge in [0.05, 0.1) is 34.8 Å². The van der Waals surface area contributed by atoms with Gasteiger partial charge in [-0.05, 0) is 55.3 Å². The van der Waals surface area contributed by atoms with Crippen molar-refractivity contribution >= 4 is 29.5 Å². The van der Waals surface area contributed by atoms with Crippen molar-refractivity contribution in [2.75, 3.05) is 6.61 Å². The number of aliphatic imine (C=N–C) groups is 1. The zero-order valence-electron chi connectivity index (χ0n) is 20.0. The summed E-state index contributed by atoms with van der Waals surface area (Å²) < 4.78 is 14.6. The molecular weight excluding hydrogens is 466 g/mol. The fourth-order valence-corrected chi connectivity index (χ4v) is 3.76. The van der Waals surface area contributed by atoms with Crippen LogP contribution in [0.2, 0.25) is 5.02 Å². The molecule has 0 saturated heterocycles. The Bertz CT molecular complexity index is 1450. The van der Waals surface area contributed by atoms with Gasteiger partial charge in [-0.2, -0.15) is 0 Å². The number of carbonyl (C=O) groups excluding carboxylic acids is 1. The summed E-state index contributed by atoms with van der Waals surface area (Å²) in [5, 5.41) is 0.310. The topological polar surface area (TPSA) is 78.7 Å². The first-order valence-corrected chi connectivity index (χ1v) is 11.6. The number of carbonyl (C=O) groups is 1. The molecule has 4 aromatic rings. The Hall–Kier alpha value is -3.84. The van der Waals surface area contributed by atoms with E-state index in [-0.39, 0.29) is 17.0 Å². The lowest BCUT2D eigenvalue weighted by atomic mass is 10.1. The molecule has 7 nitrogen and oxygen atoms in total. The molecule has 2 aromatic heterocycles. The molecule has 0 N–H and O–H groups in total. The van der Waals surface area contributed by atoms with Crippen LogP contribution >= 0.6 is 11.6 Å². The van der Waals surface area contributed by atoms with Gasteiger partial charge in [-0.25, -0.2) is 14.5 Å². The maximum absolute atomic E-state index is 13.0. The van der Waals surface area contributed by atoms with Crippen LogP contribution in [0.4, 0.5) is 5.69 Å². The van der Waals surface area contributed by atoms with Crippen molar-refractivity contribution in [3.8, 4) is 17.0 Å². The second-order valence-corrected chi connectivity index (χ2v) is 8.96. The lowest BCUT2D eigenvalue weighted by Crippen LogP contribution is -2.19. The molecule has 4 rings (SSSR count). The van der Waals surface area contributed by atoms with Crippen molar-refractivity contribution in [2.45, 2.75) is 20.8 Å². The summed E-state index contributed by atoms with van der Waals surface area (Å²) in [6.45, 7) is 6.08. The van der Waals surface area contributed by atoms with Crippen molar-refractivity contribution in [1.29, 1.82) is 0 Å². The largest absolute Gasteiger partial charge is 0.462 e. The summed E-state index contributed by atoms with van der Waals surface area (Å²) in [7, 11) is 1.82. The summed E-state index contributed by atoms with van der Waals surface area (Å²) in [5.41, 5.74) is 2.54. The van der Waals surface area contributed by atoms with Gasteiger partial charge >= 0.3 is 5.97 Å². The highest BCUT2D eigenvalue weighted by molar-refractivity contribution is 6.33. The van der Waals surface area contributed by atoms with Crippen molar-refractivity contribution in [3.63, 3.8) is 0 Å². The van der Waals surface area contributed by atoms with E-state index < -0.39 is 5.97 Å². The molecule has 0 saturated carbocycles. The standard InChI is InChI=1S/C27H26ClN3O4/c1-17(2)16-34-27(33)22-14-19(10-12-23(22)28)24-13-11-21(35-24)15-29-25-18(3)30(4)31(26(25)32)20-8-6-5-7-9-20/h5-15,17H,16H2,1-4H3. The quantitative estimate of drug-likeness (QED) is 0.236. The normalized spacial score (nSPS) is 11.5. The number of benzene rings is 2. The number of esters is 1. The fourth-order valence-electron chi connectivity index (χ4n) is 3.56. The summed E-state index contributed by atoms with van der Waals surface area (Å²) in [6.07, 6.45) is 1.51. The van der Waals surface area contributed by atoms with Crippen LogP contribution in [0.15, 0.2) is 74.9 Å². The first kappa shape index (κ1) is 24.3. The smallest absolute Gasteiger partial charge is 0.339 e. The van der Waals surface area contributed by atoms with E-state index in [0.717, 1.165) is 11.4 Å². The van der Waals surface area contributed by atoms with E-state index in [1.807, 2.05) is 58.2 Å². The van der Waals surface area contributed by atoms with Gasteiger partial charge < -0.3 is 9.15 Å². The Morgan fingerprint density at radius 3 is 2.60 bits per heavy atom. The van der Waals surface area contributed by atoms with Crippen molar-refractivity contribution in [2.24, 2.45) is 18.0 Å². The molecule has 0 amide bonds. The second-order valence-electron chi connectivity index (χ2n) is 8.56. The highest BCUT2D eigenvalue weighted by atomic mass is 35.5. The number of ether oxygens (including phenoxy) is 1. The highest BCUT2D eigenvalue weighted by Gasteiger charge is 2.17. The number of hydrogen-bond donors (Lipinski definition) is 0. The highest BCUT2D eigenvalue weighted by Crippen LogP contribution is 2.27. The second kappa shape index (κ2) is 10.2. The van der Waals surface area contributed by atoms with E-state index >= 15 is 0 Å². The van der Waals surface area contributed by atoms with Crippen LogP contribution < -0.4 is 5.56 Å². The maximum Gasteiger partial charge on any atom is 0.339 e. The zero-order valence-corrected chi connectivity index (χ0v) is 20.7. The average Bonchev–Trinajstić information content (AvgIpc) is 3.40. The molecule has 0 spiro atoms. The van der Waals surface area contributed by atoms with Crippen LogP contribution in [-0.2, 0) is 11.8 Å². The van der Waals surface area contributed by atoms with Crippen LogP contribution in [0, 0.1) is 12.8 Å². The van der Waals surface area contributed by atoms with Gasteiger partial charge in [0.25, 0.3) is 5.56 Å². The predicted molar refractivity (Wildman–Crippen MR) is 137 cm³/mol. The first-order valence-electron chi connectivity index (χ1n) is 11.2. The minimum Gasteiger partial charge on any atom is -0.462 e. The third kappa shape index (κ3) is 5.15. The van der Waals surface area contributed by atoms with E-state index in [1.165, 1.54) is 6.21 Å². The van der Waals surface area contributed by atoms with E-state index in [4.69, 9.17) is 20.8 Å². The molecule has 0 aliphatic carbocycles. The fraction of sp³-hybridized carbons (Fsp3) is 0.222. The van der Waals surface area contributed by atoms with Gasteiger partial charge in [-0.3, -0.25) is 9.48 Å². The average molecular weight is 492 g/mol. The summed E-state index contributed by atoms with van der Waals surface area (Å²) in [6, 6.07) is 18.0. The van der Waals surface area contributed by atoms with Gasteiger partial charge in [0.2, 0.25) is 0 Å². The number of nitrogens with zero attached hydrogens (tertiary/aromatic N) is 3. The number of hydrogen-bond acceptors (Lipinski definition) is 5. The minimum absolute atomic E-state index is 0.220. The third-order valence-electron chi connectivity index (χ3n) is 5.49. The van der Waals surface area contributed by atoms with Crippen molar-refractivity contribution < 1.29 is 13.9 Å². The van der Waals surface area contributed by atoms with E-state index in [2.05, 4.69) is 4.99 Å². The van der Waals surface area contributed by atoms with Crippen LogP contribution in [-0.4, -0.2) is 28.2 Å². The van der Waals surface area contributed by atoms with Gasteiger partial charge in [-0.15, -0.1) is 0 Å². The predicted octanol–water partition coefficient (Wildman–Crippen LogP) is 5.96. The molecule has 0 unspecified atom stereocenters. The molecule has 0 radical (unpaired) electrons. The first-order chi connectivity index (χ1) is 16.8. The van der Waals surface area contributed by atoms with Gasteiger partial charge in [0, 0.05) is 12.6 Å². The molecule has 0 aliphatic heterocycles. The van der Waals surface area contributed by atoms with Gasteiger partial charge in [0.1, 0.15) is 11.5 Å². The third-order valence-corrected chi connectivity index (χ3v) is 5.82. The summed E-state index contributed by atoms with van der Waals surface area (Å²) in [5.74, 6) is 0.742. The number of para-hydroxylation sites is 1. The van der Waals surface area contributed by atoms with Crippen LogP contribution in [0.5, 0.6) is 0 Å². The summed E-state index contributed by atoms with van der Waals surface area (Å²) >= 11 is 6.22. The lowest BCUT2D eigenvalue weighted by Gasteiger charge is -2.09. The summed E-state index contributed by atoms with van der Waals surface area (Å²) in [4.78, 5) is 29.9. The van der Waals surface area contributed by atoms with Crippen molar-refractivity contribution in [3.05, 3.63) is 93.1 Å². The maximum atomic E-state index is 13.0. The Labute approximate surface area is 208 Å². The molecule has 2 aromatic carbocycles.